The molecule has 28 heavy (non-hydrogen) atoms. The van der Waals surface area contributed by atoms with Crippen LogP contribution in [0.1, 0.15) is 34.9 Å². The first-order valence-electron chi connectivity index (χ1n) is 9.37. The first kappa shape index (κ1) is 20.2. The summed E-state index contributed by atoms with van der Waals surface area (Å²) in [7, 11) is 0. The number of carbonyl (C=O) groups excluding carboxylic acids is 1. The van der Waals surface area contributed by atoms with Crippen molar-refractivity contribution in [1.29, 1.82) is 0 Å². The standard InChI is InChI=1S/C21H25N3O3S/c1-4-27-12-17-8-6-5-7-16(17)11-22-18(25)9-10-24-13-23-20-19(21(24)26)14(2)15(3)28-20/h5-8,13H,4,9-12H2,1-3H3,(H,22,25). The van der Waals surface area contributed by atoms with Crippen molar-refractivity contribution in [3.63, 3.8) is 0 Å². The van der Waals surface area contributed by atoms with Crippen LogP contribution in [0.4, 0.5) is 0 Å². The molecule has 2 aromatic heterocycles. The number of aromatic nitrogens is 2. The maximum absolute atomic E-state index is 12.7. The molecule has 0 spiro atoms. The molecule has 6 nitrogen and oxygen atoms in total. The maximum Gasteiger partial charge on any atom is 0.262 e. The third kappa shape index (κ3) is 4.48. The van der Waals surface area contributed by atoms with Gasteiger partial charge in [-0.25, -0.2) is 4.98 Å². The summed E-state index contributed by atoms with van der Waals surface area (Å²) in [4.78, 5) is 31.2. The van der Waals surface area contributed by atoms with Gasteiger partial charge >= 0.3 is 0 Å². The van der Waals surface area contributed by atoms with Gasteiger partial charge in [-0.3, -0.25) is 14.2 Å². The first-order chi connectivity index (χ1) is 13.5. The lowest BCUT2D eigenvalue weighted by molar-refractivity contribution is -0.121. The number of hydrogen-bond donors (Lipinski definition) is 1. The normalized spacial score (nSPS) is 11.1. The third-order valence-electron chi connectivity index (χ3n) is 4.79. The van der Waals surface area contributed by atoms with E-state index in [0.29, 0.717) is 31.7 Å². The van der Waals surface area contributed by atoms with Gasteiger partial charge in [-0.2, -0.15) is 0 Å². The number of amides is 1. The highest BCUT2D eigenvalue weighted by atomic mass is 32.1. The van der Waals surface area contributed by atoms with Crippen molar-refractivity contribution in [2.45, 2.75) is 46.9 Å². The Morgan fingerprint density at radius 1 is 1.25 bits per heavy atom. The van der Waals surface area contributed by atoms with E-state index in [0.717, 1.165) is 26.4 Å². The molecule has 148 valence electrons. The van der Waals surface area contributed by atoms with Crippen LogP contribution in [0.5, 0.6) is 0 Å². The molecule has 0 bridgehead atoms. The summed E-state index contributed by atoms with van der Waals surface area (Å²) in [5.74, 6) is -0.101. The van der Waals surface area contributed by atoms with Crippen molar-refractivity contribution >= 4 is 27.5 Å². The minimum Gasteiger partial charge on any atom is -0.377 e. The fraction of sp³-hybridized carbons (Fsp3) is 0.381. The van der Waals surface area contributed by atoms with Gasteiger partial charge in [-0.1, -0.05) is 24.3 Å². The van der Waals surface area contributed by atoms with Crippen molar-refractivity contribution in [3.05, 3.63) is 62.5 Å². The van der Waals surface area contributed by atoms with Gasteiger partial charge in [-0.05, 0) is 37.5 Å². The summed E-state index contributed by atoms with van der Waals surface area (Å²) in [6, 6.07) is 7.90. The Labute approximate surface area is 168 Å². The van der Waals surface area contributed by atoms with E-state index in [2.05, 4.69) is 10.3 Å². The van der Waals surface area contributed by atoms with Crippen molar-refractivity contribution < 1.29 is 9.53 Å². The molecule has 0 aliphatic carbocycles. The summed E-state index contributed by atoms with van der Waals surface area (Å²) < 4.78 is 6.99. The van der Waals surface area contributed by atoms with Crippen LogP contribution < -0.4 is 10.9 Å². The van der Waals surface area contributed by atoms with Crippen LogP contribution in [0.2, 0.25) is 0 Å². The fourth-order valence-corrected chi connectivity index (χ4v) is 4.00. The molecular formula is C21H25N3O3S. The summed E-state index contributed by atoms with van der Waals surface area (Å²) in [5.41, 5.74) is 3.00. The van der Waals surface area contributed by atoms with E-state index in [-0.39, 0.29) is 17.9 Å². The topological polar surface area (TPSA) is 73.2 Å². The number of carbonyl (C=O) groups is 1. The van der Waals surface area contributed by atoms with Gasteiger partial charge in [0.15, 0.2) is 0 Å². The number of benzene rings is 1. The Kier molecular flexibility index (Phi) is 6.59. The summed E-state index contributed by atoms with van der Waals surface area (Å²) >= 11 is 1.52. The van der Waals surface area contributed by atoms with Gasteiger partial charge in [-0.15, -0.1) is 11.3 Å². The zero-order chi connectivity index (χ0) is 20.1. The molecule has 0 aliphatic heterocycles. The van der Waals surface area contributed by atoms with Crippen molar-refractivity contribution in [1.82, 2.24) is 14.9 Å². The van der Waals surface area contributed by atoms with E-state index < -0.39 is 0 Å². The summed E-state index contributed by atoms with van der Waals surface area (Å²) in [6.07, 6.45) is 1.76. The molecule has 0 saturated carbocycles. The number of aryl methyl sites for hydroxylation is 3. The third-order valence-corrected chi connectivity index (χ3v) is 5.91. The van der Waals surface area contributed by atoms with Gasteiger partial charge in [0, 0.05) is 31.0 Å². The Morgan fingerprint density at radius 3 is 2.75 bits per heavy atom. The molecule has 1 amide bonds. The molecule has 1 aromatic carbocycles. The Hall–Kier alpha value is -2.51. The molecule has 3 rings (SSSR count). The van der Waals surface area contributed by atoms with Crippen LogP contribution in [-0.4, -0.2) is 22.1 Å². The molecule has 3 aromatic rings. The van der Waals surface area contributed by atoms with Crippen molar-refractivity contribution in [2.24, 2.45) is 0 Å². The SMILES string of the molecule is CCOCc1ccccc1CNC(=O)CCn1cnc2sc(C)c(C)c2c1=O. The second-order valence-corrected chi connectivity index (χ2v) is 7.84. The van der Waals surface area contributed by atoms with Crippen LogP contribution in [-0.2, 0) is 29.2 Å². The van der Waals surface area contributed by atoms with E-state index in [4.69, 9.17) is 4.74 Å². The van der Waals surface area contributed by atoms with Crippen LogP contribution in [0.15, 0.2) is 35.4 Å². The van der Waals surface area contributed by atoms with Gasteiger partial charge in [0.1, 0.15) is 4.83 Å². The van der Waals surface area contributed by atoms with Crippen molar-refractivity contribution in [3.8, 4) is 0 Å². The Balaban J connectivity index is 1.61. The van der Waals surface area contributed by atoms with E-state index in [1.807, 2.05) is 45.0 Å². The molecule has 7 heteroatoms. The summed E-state index contributed by atoms with van der Waals surface area (Å²) in [6.45, 7) is 7.81. The number of ether oxygens (including phenoxy) is 1. The van der Waals surface area contributed by atoms with E-state index in [1.54, 1.807) is 0 Å². The van der Waals surface area contributed by atoms with Gasteiger partial charge < -0.3 is 10.1 Å². The van der Waals surface area contributed by atoms with Gasteiger partial charge in [0.25, 0.3) is 5.56 Å². The minimum atomic E-state index is -0.101. The lowest BCUT2D eigenvalue weighted by atomic mass is 10.1. The smallest absolute Gasteiger partial charge is 0.262 e. The zero-order valence-corrected chi connectivity index (χ0v) is 17.3. The molecule has 0 unspecified atom stereocenters. The largest absolute Gasteiger partial charge is 0.377 e. The molecular weight excluding hydrogens is 374 g/mol. The van der Waals surface area contributed by atoms with Crippen molar-refractivity contribution in [2.75, 3.05) is 6.61 Å². The molecule has 1 N–H and O–H groups in total. The van der Waals surface area contributed by atoms with E-state index >= 15 is 0 Å². The number of fused-ring (bicyclic) bond motifs is 1. The van der Waals surface area contributed by atoms with Crippen LogP contribution in [0, 0.1) is 13.8 Å². The predicted octanol–water partition coefficient (Wildman–Crippen LogP) is 3.32. The van der Waals surface area contributed by atoms with Gasteiger partial charge in [0.2, 0.25) is 5.91 Å². The summed E-state index contributed by atoms with van der Waals surface area (Å²) in [5, 5.41) is 3.59. The highest BCUT2D eigenvalue weighted by Gasteiger charge is 2.13. The van der Waals surface area contributed by atoms with Crippen LogP contribution in [0.3, 0.4) is 0 Å². The van der Waals surface area contributed by atoms with E-state index in [1.165, 1.54) is 22.2 Å². The number of thiophene rings is 1. The Morgan fingerprint density at radius 2 is 2.00 bits per heavy atom. The number of hydrogen-bond acceptors (Lipinski definition) is 5. The first-order valence-corrected chi connectivity index (χ1v) is 10.2. The highest BCUT2D eigenvalue weighted by Crippen LogP contribution is 2.25. The molecule has 0 atom stereocenters. The number of rotatable bonds is 8. The van der Waals surface area contributed by atoms with Crippen LogP contribution in [0.25, 0.3) is 10.2 Å². The lowest BCUT2D eigenvalue weighted by Crippen LogP contribution is -2.27. The molecule has 2 heterocycles. The second-order valence-electron chi connectivity index (χ2n) is 6.64. The lowest BCUT2D eigenvalue weighted by Gasteiger charge is -2.11. The predicted molar refractivity (Wildman–Crippen MR) is 112 cm³/mol. The molecule has 0 fully saturated rings. The number of nitrogens with zero attached hydrogens (tertiary/aromatic N) is 2. The monoisotopic (exact) mass is 399 g/mol. The maximum atomic E-state index is 12.7. The molecule has 0 aliphatic rings. The average molecular weight is 400 g/mol. The fourth-order valence-electron chi connectivity index (χ4n) is 3.02. The second kappa shape index (κ2) is 9.12. The van der Waals surface area contributed by atoms with Crippen LogP contribution >= 0.6 is 11.3 Å². The molecule has 0 radical (unpaired) electrons. The molecule has 0 saturated heterocycles. The van der Waals surface area contributed by atoms with Gasteiger partial charge in [0.05, 0.1) is 18.3 Å². The highest BCUT2D eigenvalue weighted by molar-refractivity contribution is 7.18. The zero-order valence-electron chi connectivity index (χ0n) is 16.4. The quantitative estimate of drug-likeness (QED) is 0.631. The average Bonchev–Trinajstić information content (AvgIpc) is 2.99. The van der Waals surface area contributed by atoms with E-state index in [9.17, 15) is 9.59 Å². The minimum absolute atomic E-state index is 0.0817. The number of nitrogens with one attached hydrogen (secondary N) is 1. The Bertz CT molecular complexity index is 1040.